The van der Waals surface area contributed by atoms with Crippen molar-refractivity contribution < 1.29 is 27.4 Å². The van der Waals surface area contributed by atoms with Crippen molar-refractivity contribution in [1.82, 2.24) is 0 Å². The zero-order valence-electron chi connectivity index (χ0n) is 16.2. The molecule has 152 valence electrons. The van der Waals surface area contributed by atoms with Crippen LogP contribution in [-0.2, 0) is 21.2 Å². The number of carbonyl (C=O) groups is 1. The molecule has 1 N–H and O–H groups in total. The van der Waals surface area contributed by atoms with Crippen molar-refractivity contribution in [2.75, 3.05) is 24.2 Å². The third kappa shape index (κ3) is 6.77. The highest BCUT2D eigenvalue weighted by atomic mass is 32.2. The monoisotopic (exact) mass is 407 g/mol. The molecule has 0 spiro atoms. The van der Waals surface area contributed by atoms with Gasteiger partial charge in [0.2, 0.25) is 15.8 Å². The van der Waals surface area contributed by atoms with Crippen molar-refractivity contribution in [2.24, 2.45) is 0 Å². The number of rotatable bonds is 10. The molecule has 0 unspecified atom stereocenters. The zero-order valence-corrected chi connectivity index (χ0v) is 17.0. The molecule has 0 amide bonds. The number of hydrogen-bond acceptors (Lipinski definition) is 6. The average molecular weight is 407 g/mol. The van der Waals surface area contributed by atoms with E-state index >= 15 is 0 Å². The van der Waals surface area contributed by atoms with Gasteiger partial charge in [-0.25, -0.2) is 8.42 Å². The summed E-state index contributed by atoms with van der Waals surface area (Å²) in [6.07, 6.45) is 1.88. The van der Waals surface area contributed by atoms with Crippen molar-refractivity contribution >= 4 is 21.7 Å². The molecule has 2 aromatic carbocycles. The van der Waals surface area contributed by atoms with Gasteiger partial charge in [0, 0.05) is 18.5 Å². The van der Waals surface area contributed by atoms with Crippen molar-refractivity contribution in [3.63, 3.8) is 0 Å². The predicted octanol–water partition coefficient (Wildman–Crippen LogP) is 3.39. The third-order valence-corrected chi connectivity index (χ3v) is 4.23. The first-order valence-electron chi connectivity index (χ1n) is 8.98. The summed E-state index contributed by atoms with van der Waals surface area (Å²) >= 11 is 0. The van der Waals surface area contributed by atoms with Crippen LogP contribution in [0.5, 0.6) is 17.2 Å². The Morgan fingerprint density at radius 1 is 1.04 bits per heavy atom. The molecule has 0 aliphatic rings. The normalized spacial score (nSPS) is 11.0. The molecule has 0 atom stereocenters. The van der Waals surface area contributed by atoms with Crippen LogP contribution >= 0.6 is 0 Å². The van der Waals surface area contributed by atoms with Gasteiger partial charge in [-0.05, 0) is 36.8 Å². The van der Waals surface area contributed by atoms with E-state index in [0.717, 1.165) is 11.8 Å². The molecule has 0 bridgehead atoms. The number of ether oxygens (including phenoxy) is 3. The summed E-state index contributed by atoms with van der Waals surface area (Å²) in [5, 5.41) is 0. The Morgan fingerprint density at radius 3 is 2.36 bits per heavy atom. The Kier molecular flexibility index (Phi) is 7.69. The van der Waals surface area contributed by atoms with Crippen LogP contribution in [0.1, 0.15) is 25.8 Å². The largest absolute Gasteiger partial charge is 0.490 e. The lowest BCUT2D eigenvalue weighted by Gasteiger charge is -2.15. The highest BCUT2D eigenvalue weighted by Crippen LogP contribution is 2.37. The topological polar surface area (TPSA) is 90.9 Å². The minimum atomic E-state index is -3.33. The summed E-state index contributed by atoms with van der Waals surface area (Å²) in [6.45, 7) is 4.30. The lowest BCUT2D eigenvalue weighted by Crippen LogP contribution is -2.11. The smallest absolute Gasteiger partial charge is 0.311 e. The molecule has 0 fully saturated rings. The van der Waals surface area contributed by atoms with Crippen LogP contribution in [0.2, 0.25) is 0 Å². The van der Waals surface area contributed by atoms with Gasteiger partial charge >= 0.3 is 5.97 Å². The highest BCUT2D eigenvalue weighted by Gasteiger charge is 2.16. The molecule has 0 aliphatic heterocycles. The zero-order chi connectivity index (χ0) is 20.6. The van der Waals surface area contributed by atoms with E-state index < -0.39 is 10.0 Å². The van der Waals surface area contributed by atoms with E-state index in [9.17, 15) is 13.2 Å². The number of esters is 1. The maximum atomic E-state index is 11.7. The van der Waals surface area contributed by atoms with E-state index in [2.05, 4.69) is 4.72 Å². The summed E-state index contributed by atoms with van der Waals surface area (Å²) in [5.41, 5.74) is 1.40. The number of nitrogens with one attached hydrogen (secondary N) is 1. The lowest BCUT2D eigenvalue weighted by molar-refractivity contribution is -0.134. The minimum Gasteiger partial charge on any atom is -0.490 e. The van der Waals surface area contributed by atoms with Gasteiger partial charge in [0.25, 0.3) is 0 Å². The van der Waals surface area contributed by atoms with Gasteiger partial charge < -0.3 is 14.2 Å². The average Bonchev–Trinajstić information content (AvgIpc) is 2.63. The molecule has 0 heterocycles. The molecule has 0 radical (unpaired) electrons. The second-order valence-corrected chi connectivity index (χ2v) is 7.77. The second-order valence-electron chi connectivity index (χ2n) is 6.02. The van der Waals surface area contributed by atoms with Crippen LogP contribution in [0, 0.1) is 0 Å². The van der Waals surface area contributed by atoms with Crippen LogP contribution in [-0.4, -0.2) is 33.9 Å². The molecule has 2 rings (SSSR count). The Morgan fingerprint density at radius 2 is 1.71 bits per heavy atom. The van der Waals surface area contributed by atoms with E-state index in [1.807, 2.05) is 13.0 Å². The summed E-state index contributed by atoms with van der Waals surface area (Å²) in [7, 11) is -3.33. The molecular formula is C20H25NO6S. The van der Waals surface area contributed by atoms with E-state index in [-0.39, 0.29) is 18.1 Å². The van der Waals surface area contributed by atoms with E-state index in [1.54, 1.807) is 43.3 Å². The number of benzene rings is 2. The van der Waals surface area contributed by atoms with Crippen LogP contribution in [0.15, 0.2) is 42.5 Å². The van der Waals surface area contributed by atoms with E-state index in [1.165, 1.54) is 0 Å². The predicted molar refractivity (Wildman–Crippen MR) is 108 cm³/mol. The van der Waals surface area contributed by atoms with Gasteiger partial charge in [-0.3, -0.25) is 9.52 Å². The molecule has 0 saturated carbocycles. The Bertz CT molecular complexity index is 911. The van der Waals surface area contributed by atoms with Crippen molar-refractivity contribution in [1.29, 1.82) is 0 Å². The van der Waals surface area contributed by atoms with E-state index in [4.69, 9.17) is 14.2 Å². The second kappa shape index (κ2) is 9.98. The molecule has 2 aromatic rings. The Hall–Kier alpha value is -2.74. The fraction of sp³-hybridized carbons (Fsp3) is 0.350. The first-order valence-corrected chi connectivity index (χ1v) is 10.9. The first-order chi connectivity index (χ1) is 13.3. The number of sulfonamides is 1. The fourth-order valence-corrected chi connectivity index (χ4v) is 3.00. The van der Waals surface area contributed by atoms with Crippen molar-refractivity contribution in [3.05, 3.63) is 48.0 Å². The lowest BCUT2D eigenvalue weighted by atomic mass is 10.1. The van der Waals surface area contributed by atoms with Gasteiger partial charge in [0.05, 0.1) is 19.5 Å². The highest BCUT2D eigenvalue weighted by molar-refractivity contribution is 7.92. The maximum absolute atomic E-state index is 11.7. The molecule has 8 heteroatoms. The Balaban J connectivity index is 2.09. The SMILES string of the molecule is CCOc1cccc(OCCc2cccc(NS(C)(=O)=O)c2)c1OC(=O)CC. The number of carbonyl (C=O) groups excluding carboxylic acids is 1. The molecule has 0 aliphatic carbocycles. The molecule has 28 heavy (non-hydrogen) atoms. The number of para-hydroxylation sites is 1. The van der Waals surface area contributed by atoms with Crippen molar-refractivity contribution in [3.8, 4) is 17.2 Å². The third-order valence-electron chi connectivity index (χ3n) is 3.63. The van der Waals surface area contributed by atoms with Gasteiger partial charge in [-0.15, -0.1) is 0 Å². The number of hydrogen-bond donors (Lipinski definition) is 1. The molecule has 7 nitrogen and oxygen atoms in total. The van der Waals surface area contributed by atoms with Crippen molar-refractivity contribution in [2.45, 2.75) is 26.7 Å². The summed E-state index contributed by atoms with van der Waals surface area (Å²) < 4.78 is 41.9. The van der Waals surface area contributed by atoms with Gasteiger partial charge in [-0.2, -0.15) is 0 Å². The van der Waals surface area contributed by atoms with Gasteiger partial charge in [-0.1, -0.05) is 25.1 Å². The van der Waals surface area contributed by atoms with E-state index in [0.29, 0.717) is 36.8 Å². The molecular weight excluding hydrogens is 382 g/mol. The standard InChI is InChI=1S/C20H25NO6S/c1-4-19(22)27-20-17(25-5-2)10-7-11-18(20)26-13-12-15-8-6-9-16(14-15)21-28(3,23)24/h6-11,14,21H,4-5,12-13H2,1-3H3. The van der Waals surface area contributed by atoms with Crippen LogP contribution in [0.3, 0.4) is 0 Å². The van der Waals surface area contributed by atoms with Crippen LogP contribution in [0.25, 0.3) is 0 Å². The molecule has 0 saturated heterocycles. The summed E-state index contributed by atoms with van der Waals surface area (Å²) in [4.78, 5) is 11.7. The Labute approximate surface area is 165 Å². The molecule has 0 aromatic heterocycles. The fourth-order valence-electron chi connectivity index (χ4n) is 2.45. The van der Waals surface area contributed by atoms with Crippen LogP contribution < -0.4 is 18.9 Å². The van der Waals surface area contributed by atoms with Gasteiger partial charge in [0.1, 0.15) is 0 Å². The van der Waals surface area contributed by atoms with Gasteiger partial charge in [0.15, 0.2) is 11.5 Å². The quantitative estimate of drug-likeness (QED) is 0.480. The number of anilines is 1. The van der Waals surface area contributed by atoms with Crippen LogP contribution in [0.4, 0.5) is 5.69 Å². The summed E-state index contributed by atoms with van der Waals surface area (Å²) in [5.74, 6) is 0.750. The maximum Gasteiger partial charge on any atom is 0.311 e. The minimum absolute atomic E-state index is 0.236. The first kappa shape index (κ1) is 21.6. The summed E-state index contributed by atoms with van der Waals surface area (Å²) in [6, 6.07) is 12.3.